The standard InChI is InChI=1S/C16H22N2O3/c19-15(17-11-16(20)21)12-18-10-4-7-14(18)9-8-13-5-2-1-3-6-13/h1-3,5-6,14H,4,7-12H2,(H,17,19)(H,20,21). The van der Waals surface area contributed by atoms with Crippen molar-refractivity contribution in [1.82, 2.24) is 10.2 Å². The highest BCUT2D eigenvalue weighted by atomic mass is 16.4. The van der Waals surface area contributed by atoms with E-state index in [4.69, 9.17) is 5.11 Å². The number of likely N-dealkylation sites (tertiary alicyclic amines) is 1. The van der Waals surface area contributed by atoms with E-state index in [0.717, 1.165) is 32.2 Å². The van der Waals surface area contributed by atoms with Gasteiger partial charge in [-0.2, -0.15) is 0 Å². The van der Waals surface area contributed by atoms with Gasteiger partial charge in [0.05, 0.1) is 6.54 Å². The number of nitrogens with one attached hydrogen (secondary N) is 1. The Balaban J connectivity index is 1.77. The van der Waals surface area contributed by atoms with Crippen molar-refractivity contribution in [1.29, 1.82) is 0 Å². The van der Waals surface area contributed by atoms with Crippen LogP contribution in [0.25, 0.3) is 0 Å². The molecule has 114 valence electrons. The van der Waals surface area contributed by atoms with Crippen molar-refractivity contribution in [3.8, 4) is 0 Å². The number of rotatable bonds is 7. The van der Waals surface area contributed by atoms with Crippen LogP contribution in [0.5, 0.6) is 0 Å². The molecule has 0 aromatic heterocycles. The zero-order valence-electron chi connectivity index (χ0n) is 12.1. The largest absolute Gasteiger partial charge is 0.480 e. The first-order valence-electron chi connectivity index (χ1n) is 7.41. The summed E-state index contributed by atoms with van der Waals surface area (Å²) in [6.45, 7) is 0.911. The summed E-state index contributed by atoms with van der Waals surface area (Å²) in [7, 11) is 0. The van der Waals surface area contributed by atoms with Crippen LogP contribution in [-0.4, -0.2) is 47.6 Å². The molecule has 2 rings (SSSR count). The Kier molecular flexibility index (Phi) is 5.75. The van der Waals surface area contributed by atoms with Gasteiger partial charge in [-0.3, -0.25) is 14.5 Å². The SMILES string of the molecule is O=C(O)CNC(=O)CN1CCCC1CCc1ccccc1. The number of carboxylic acids is 1. The smallest absolute Gasteiger partial charge is 0.322 e. The van der Waals surface area contributed by atoms with Crippen LogP contribution in [0, 0.1) is 0 Å². The third-order valence-corrected chi connectivity index (χ3v) is 3.89. The third kappa shape index (κ3) is 5.19. The fraction of sp³-hybridized carbons (Fsp3) is 0.500. The fourth-order valence-electron chi connectivity index (χ4n) is 2.82. The van der Waals surface area contributed by atoms with E-state index >= 15 is 0 Å². The van der Waals surface area contributed by atoms with Gasteiger partial charge in [-0.05, 0) is 37.8 Å². The van der Waals surface area contributed by atoms with Crippen molar-refractivity contribution in [3.63, 3.8) is 0 Å². The molecule has 0 spiro atoms. The van der Waals surface area contributed by atoms with E-state index in [9.17, 15) is 9.59 Å². The van der Waals surface area contributed by atoms with E-state index in [1.165, 1.54) is 5.56 Å². The van der Waals surface area contributed by atoms with E-state index < -0.39 is 5.97 Å². The van der Waals surface area contributed by atoms with Gasteiger partial charge in [0.15, 0.2) is 0 Å². The maximum absolute atomic E-state index is 11.7. The summed E-state index contributed by atoms with van der Waals surface area (Å²) in [5.74, 6) is -1.21. The van der Waals surface area contributed by atoms with Gasteiger partial charge in [0.2, 0.25) is 5.91 Å². The van der Waals surface area contributed by atoms with Gasteiger partial charge in [-0.15, -0.1) is 0 Å². The lowest BCUT2D eigenvalue weighted by Gasteiger charge is -2.23. The Morgan fingerprint density at radius 2 is 2.05 bits per heavy atom. The average molecular weight is 290 g/mol. The number of amides is 1. The maximum Gasteiger partial charge on any atom is 0.322 e. The highest BCUT2D eigenvalue weighted by Gasteiger charge is 2.25. The Labute approximate surface area is 125 Å². The molecule has 0 radical (unpaired) electrons. The van der Waals surface area contributed by atoms with Crippen molar-refractivity contribution >= 4 is 11.9 Å². The minimum absolute atomic E-state index is 0.205. The molecular weight excluding hydrogens is 268 g/mol. The average Bonchev–Trinajstić information content (AvgIpc) is 2.91. The molecule has 1 amide bonds. The molecule has 1 saturated heterocycles. The van der Waals surface area contributed by atoms with Crippen LogP contribution in [0.2, 0.25) is 0 Å². The van der Waals surface area contributed by atoms with Crippen LogP contribution < -0.4 is 5.32 Å². The Morgan fingerprint density at radius 1 is 1.29 bits per heavy atom. The van der Waals surface area contributed by atoms with Gasteiger partial charge in [0, 0.05) is 6.04 Å². The predicted molar refractivity (Wildman–Crippen MR) is 80.0 cm³/mol. The zero-order chi connectivity index (χ0) is 15.1. The number of aryl methyl sites for hydroxylation is 1. The summed E-state index contributed by atoms with van der Waals surface area (Å²) < 4.78 is 0. The van der Waals surface area contributed by atoms with Crippen molar-refractivity contribution in [2.45, 2.75) is 31.7 Å². The second kappa shape index (κ2) is 7.78. The number of carbonyl (C=O) groups is 2. The van der Waals surface area contributed by atoms with Gasteiger partial charge in [0.1, 0.15) is 6.54 Å². The van der Waals surface area contributed by atoms with Gasteiger partial charge >= 0.3 is 5.97 Å². The first-order chi connectivity index (χ1) is 10.1. The van der Waals surface area contributed by atoms with Crippen LogP contribution in [0.15, 0.2) is 30.3 Å². The zero-order valence-corrected chi connectivity index (χ0v) is 12.1. The second-order valence-corrected chi connectivity index (χ2v) is 5.46. The van der Waals surface area contributed by atoms with Crippen molar-refractivity contribution in [2.75, 3.05) is 19.6 Å². The van der Waals surface area contributed by atoms with Gasteiger partial charge in [-0.1, -0.05) is 30.3 Å². The molecule has 1 aromatic rings. The monoisotopic (exact) mass is 290 g/mol. The summed E-state index contributed by atoms with van der Waals surface area (Å²) in [4.78, 5) is 24.3. The predicted octanol–water partition coefficient (Wildman–Crippen LogP) is 1.28. The summed E-state index contributed by atoms with van der Waals surface area (Å²) in [5.41, 5.74) is 1.32. The Hall–Kier alpha value is -1.88. The van der Waals surface area contributed by atoms with E-state index in [1.54, 1.807) is 0 Å². The van der Waals surface area contributed by atoms with E-state index in [-0.39, 0.29) is 12.5 Å². The second-order valence-electron chi connectivity index (χ2n) is 5.46. The number of carbonyl (C=O) groups excluding carboxylic acids is 1. The van der Waals surface area contributed by atoms with Gasteiger partial charge < -0.3 is 10.4 Å². The lowest BCUT2D eigenvalue weighted by Crippen LogP contribution is -2.41. The topological polar surface area (TPSA) is 69.6 Å². The minimum atomic E-state index is -1.01. The molecule has 0 aliphatic carbocycles. The molecule has 1 aliphatic rings. The Bertz CT molecular complexity index is 476. The van der Waals surface area contributed by atoms with Gasteiger partial charge in [0.25, 0.3) is 0 Å². The number of benzene rings is 1. The van der Waals surface area contributed by atoms with Crippen molar-refractivity contribution in [3.05, 3.63) is 35.9 Å². The van der Waals surface area contributed by atoms with E-state index in [1.807, 2.05) is 18.2 Å². The molecule has 1 aliphatic heterocycles. The summed E-state index contributed by atoms with van der Waals surface area (Å²) in [5, 5.41) is 11.0. The first kappa shape index (κ1) is 15.5. The van der Waals surface area contributed by atoms with Crippen LogP contribution in [0.4, 0.5) is 0 Å². The van der Waals surface area contributed by atoms with E-state index in [0.29, 0.717) is 12.6 Å². The van der Waals surface area contributed by atoms with Crippen LogP contribution >= 0.6 is 0 Å². The van der Waals surface area contributed by atoms with Gasteiger partial charge in [-0.25, -0.2) is 0 Å². The number of hydrogen-bond donors (Lipinski definition) is 2. The lowest BCUT2D eigenvalue weighted by molar-refractivity contribution is -0.138. The van der Waals surface area contributed by atoms with Crippen molar-refractivity contribution in [2.24, 2.45) is 0 Å². The molecule has 1 atom stereocenters. The van der Waals surface area contributed by atoms with Crippen LogP contribution in [0.3, 0.4) is 0 Å². The maximum atomic E-state index is 11.7. The molecule has 1 heterocycles. The summed E-state index contributed by atoms with van der Waals surface area (Å²) in [6.07, 6.45) is 4.26. The Morgan fingerprint density at radius 3 is 2.76 bits per heavy atom. The molecule has 21 heavy (non-hydrogen) atoms. The van der Waals surface area contributed by atoms with Crippen LogP contribution in [0.1, 0.15) is 24.8 Å². The molecule has 5 nitrogen and oxygen atoms in total. The van der Waals surface area contributed by atoms with E-state index in [2.05, 4.69) is 22.3 Å². The molecule has 1 fully saturated rings. The first-order valence-corrected chi connectivity index (χ1v) is 7.41. The molecular formula is C16H22N2O3. The molecule has 1 aromatic carbocycles. The fourth-order valence-corrected chi connectivity index (χ4v) is 2.82. The van der Waals surface area contributed by atoms with Crippen molar-refractivity contribution < 1.29 is 14.7 Å². The number of hydrogen-bond acceptors (Lipinski definition) is 3. The molecule has 0 saturated carbocycles. The quantitative estimate of drug-likeness (QED) is 0.794. The highest BCUT2D eigenvalue weighted by Crippen LogP contribution is 2.21. The molecule has 5 heteroatoms. The summed E-state index contributed by atoms with van der Waals surface area (Å²) >= 11 is 0. The molecule has 2 N–H and O–H groups in total. The van der Waals surface area contributed by atoms with Crippen LogP contribution in [-0.2, 0) is 16.0 Å². The molecule has 1 unspecified atom stereocenters. The summed E-state index contributed by atoms with van der Waals surface area (Å²) in [6, 6.07) is 10.8. The lowest BCUT2D eigenvalue weighted by atomic mass is 10.0. The minimum Gasteiger partial charge on any atom is -0.480 e. The normalized spacial score (nSPS) is 18.6. The third-order valence-electron chi connectivity index (χ3n) is 3.89. The number of nitrogens with zero attached hydrogens (tertiary/aromatic N) is 1. The highest BCUT2D eigenvalue weighted by molar-refractivity contribution is 5.82. The molecule has 0 bridgehead atoms. The number of aliphatic carboxylic acids is 1. The number of carboxylic acid groups (broad SMARTS) is 1.